The lowest BCUT2D eigenvalue weighted by molar-refractivity contribution is 0.0819. The van der Waals surface area contributed by atoms with Crippen LogP contribution in [-0.2, 0) is 6.54 Å². The highest BCUT2D eigenvalue weighted by molar-refractivity contribution is 5.56. The Kier molecular flexibility index (Phi) is 6.39. The maximum Gasteiger partial charge on any atom is 0.272 e. The first-order valence-electron chi connectivity index (χ1n) is 11.4. The normalized spacial score (nSPS) is 15.6. The van der Waals surface area contributed by atoms with Crippen LogP contribution in [0.3, 0.4) is 0 Å². The van der Waals surface area contributed by atoms with Crippen LogP contribution < -0.4 is 10.1 Å². The maximum absolute atomic E-state index is 14.8. The van der Waals surface area contributed by atoms with Crippen molar-refractivity contribution >= 4 is 11.6 Å². The first-order chi connectivity index (χ1) is 17.0. The van der Waals surface area contributed by atoms with Gasteiger partial charge in [0.2, 0.25) is 5.95 Å². The molecule has 0 aliphatic carbocycles. The monoisotopic (exact) mass is 483 g/mol. The Morgan fingerprint density at radius 3 is 2.69 bits per heavy atom. The highest BCUT2D eigenvalue weighted by Crippen LogP contribution is 2.33. The van der Waals surface area contributed by atoms with Gasteiger partial charge in [-0.3, -0.25) is 0 Å². The number of hydrogen-bond donors (Lipinski definition) is 1. The summed E-state index contributed by atoms with van der Waals surface area (Å²) in [5.41, 5.74) is 1.83. The number of aromatic nitrogens is 6. The summed E-state index contributed by atoms with van der Waals surface area (Å²) >= 11 is 0. The fraction of sp³-hybridized carbons (Fsp3) is 0.333. The van der Waals surface area contributed by atoms with Crippen LogP contribution in [0.1, 0.15) is 42.4 Å². The molecule has 182 valence electrons. The molecule has 0 saturated heterocycles. The zero-order valence-electron chi connectivity index (χ0n) is 19.0. The number of benzene rings is 2. The third-order valence-corrected chi connectivity index (χ3v) is 5.93. The highest BCUT2D eigenvalue weighted by atomic mass is 19.3. The van der Waals surface area contributed by atoms with Gasteiger partial charge in [0, 0.05) is 18.2 Å². The summed E-state index contributed by atoms with van der Waals surface area (Å²) in [6.45, 7) is 1.85. The molecule has 1 aliphatic rings. The van der Waals surface area contributed by atoms with E-state index in [2.05, 4.69) is 20.5 Å². The van der Waals surface area contributed by atoms with E-state index in [1.54, 1.807) is 31.2 Å². The topological polar surface area (TPSA) is 82.7 Å². The summed E-state index contributed by atoms with van der Waals surface area (Å²) in [6.07, 6.45) is 1.72. The number of nitrogens with one attached hydrogen (secondary N) is 1. The van der Waals surface area contributed by atoms with Crippen LogP contribution in [0.2, 0.25) is 0 Å². The summed E-state index contributed by atoms with van der Waals surface area (Å²) in [5.74, 6) is 1.73. The van der Waals surface area contributed by atoms with Gasteiger partial charge in [-0.25, -0.2) is 27.5 Å². The number of halogens is 3. The van der Waals surface area contributed by atoms with Crippen LogP contribution in [0, 0.1) is 12.7 Å². The molecule has 1 N–H and O–H groups in total. The van der Waals surface area contributed by atoms with Gasteiger partial charge in [0.15, 0.2) is 5.82 Å². The predicted octanol–water partition coefficient (Wildman–Crippen LogP) is 5.01. The van der Waals surface area contributed by atoms with E-state index in [-0.39, 0.29) is 5.92 Å². The van der Waals surface area contributed by atoms with Crippen LogP contribution in [0.15, 0.2) is 48.8 Å². The van der Waals surface area contributed by atoms with Crippen molar-refractivity contribution in [3.8, 4) is 11.4 Å². The SMILES string of the molecule is Cc1ncnn1-c1ccc(Nc2nc3n(n2)CCCCC3c2ccc(OCC(F)F)cc2)cc1F. The third-order valence-electron chi connectivity index (χ3n) is 5.93. The molecule has 3 heterocycles. The van der Waals surface area contributed by atoms with E-state index >= 15 is 0 Å². The summed E-state index contributed by atoms with van der Waals surface area (Å²) in [6, 6.07) is 11.9. The van der Waals surface area contributed by atoms with Crippen molar-refractivity contribution < 1.29 is 17.9 Å². The molecule has 1 aliphatic heterocycles. The Bertz CT molecular complexity index is 1300. The Labute approximate surface area is 199 Å². The van der Waals surface area contributed by atoms with E-state index in [4.69, 9.17) is 9.72 Å². The standard InChI is InChI=1S/C24H24F3N7O/c1-15-28-14-29-34(15)21-10-7-17(12-20(21)25)30-24-31-23-19(4-2-3-11-33(23)32-24)16-5-8-18(9-6-16)35-13-22(26)27/h5-10,12,14,19,22H,2-4,11,13H2,1H3,(H,30,32). The largest absolute Gasteiger partial charge is 0.488 e. The predicted molar refractivity (Wildman–Crippen MR) is 123 cm³/mol. The zero-order valence-corrected chi connectivity index (χ0v) is 19.0. The smallest absolute Gasteiger partial charge is 0.272 e. The second-order valence-electron chi connectivity index (χ2n) is 8.35. The highest BCUT2D eigenvalue weighted by Gasteiger charge is 2.25. The molecule has 0 saturated carbocycles. The quantitative estimate of drug-likeness (QED) is 0.398. The molecule has 1 unspecified atom stereocenters. The van der Waals surface area contributed by atoms with Gasteiger partial charge in [-0.15, -0.1) is 5.10 Å². The molecule has 4 aromatic rings. The van der Waals surface area contributed by atoms with Crippen LogP contribution in [0.5, 0.6) is 5.75 Å². The molecule has 35 heavy (non-hydrogen) atoms. The number of rotatable bonds is 7. The van der Waals surface area contributed by atoms with Gasteiger partial charge >= 0.3 is 0 Å². The molecule has 8 nitrogen and oxygen atoms in total. The lowest BCUT2D eigenvalue weighted by Crippen LogP contribution is -2.09. The van der Waals surface area contributed by atoms with Gasteiger partial charge in [0.05, 0.1) is 0 Å². The van der Waals surface area contributed by atoms with E-state index in [0.717, 1.165) is 37.2 Å². The molecule has 11 heteroatoms. The first-order valence-corrected chi connectivity index (χ1v) is 11.4. The van der Waals surface area contributed by atoms with Gasteiger partial charge in [-0.05, 0) is 55.7 Å². The van der Waals surface area contributed by atoms with Gasteiger partial charge in [0.1, 0.15) is 36.0 Å². The second-order valence-corrected chi connectivity index (χ2v) is 8.35. The summed E-state index contributed by atoms with van der Waals surface area (Å²) < 4.78 is 48.0. The molecule has 5 rings (SSSR count). The van der Waals surface area contributed by atoms with E-state index in [0.29, 0.717) is 28.9 Å². The Hall–Kier alpha value is -3.89. The number of hydrogen-bond acceptors (Lipinski definition) is 6. The Balaban J connectivity index is 1.36. The van der Waals surface area contributed by atoms with Gasteiger partial charge in [-0.1, -0.05) is 18.6 Å². The van der Waals surface area contributed by atoms with E-state index < -0.39 is 18.8 Å². The second kappa shape index (κ2) is 9.77. The van der Waals surface area contributed by atoms with Crippen molar-refractivity contribution in [1.82, 2.24) is 29.5 Å². The van der Waals surface area contributed by atoms with Crippen LogP contribution >= 0.6 is 0 Å². The van der Waals surface area contributed by atoms with Crippen LogP contribution in [0.25, 0.3) is 5.69 Å². The first kappa shape index (κ1) is 22.9. The maximum atomic E-state index is 14.8. The zero-order chi connectivity index (χ0) is 24.4. The molecule has 2 aromatic heterocycles. The minimum atomic E-state index is -2.52. The number of alkyl halides is 2. The molecular formula is C24H24F3N7O. The molecule has 0 bridgehead atoms. The van der Waals surface area contributed by atoms with Crippen molar-refractivity contribution in [3.05, 3.63) is 71.8 Å². The van der Waals surface area contributed by atoms with Crippen molar-refractivity contribution in [2.75, 3.05) is 11.9 Å². The number of nitrogens with zero attached hydrogens (tertiary/aromatic N) is 6. The Morgan fingerprint density at radius 2 is 1.97 bits per heavy atom. The van der Waals surface area contributed by atoms with Gasteiger partial charge in [0.25, 0.3) is 6.43 Å². The van der Waals surface area contributed by atoms with Crippen molar-refractivity contribution in [2.45, 2.75) is 45.1 Å². The fourth-order valence-electron chi connectivity index (χ4n) is 4.26. The molecule has 2 aromatic carbocycles. The van der Waals surface area contributed by atoms with E-state index in [9.17, 15) is 13.2 Å². The lowest BCUT2D eigenvalue weighted by Gasteiger charge is -2.15. The minimum absolute atomic E-state index is 0.000832. The van der Waals surface area contributed by atoms with Crippen LogP contribution in [0.4, 0.5) is 24.8 Å². The summed E-state index contributed by atoms with van der Waals surface area (Å²) in [5, 5.41) is 11.7. The molecule has 1 atom stereocenters. The molecule has 0 fully saturated rings. The summed E-state index contributed by atoms with van der Waals surface area (Å²) in [4.78, 5) is 8.75. The van der Waals surface area contributed by atoms with Crippen molar-refractivity contribution in [2.24, 2.45) is 0 Å². The minimum Gasteiger partial charge on any atom is -0.488 e. The molecular weight excluding hydrogens is 459 g/mol. The van der Waals surface area contributed by atoms with Crippen molar-refractivity contribution in [1.29, 1.82) is 0 Å². The average Bonchev–Trinajstić information content (AvgIpc) is 3.39. The Morgan fingerprint density at radius 1 is 1.14 bits per heavy atom. The molecule has 0 amide bonds. The third kappa shape index (κ3) is 4.98. The average molecular weight is 483 g/mol. The lowest BCUT2D eigenvalue weighted by atomic mass is 9.93. The fourth-order valence-corrected chi connectivity index (χ4v) is 4.26. The molecule has 0 radical (unpaired) electrons. The molecule has 0 spiro atoms. The number of fused-ring (bicyclic) bond motifs is 1. The van der Waals surface area contributed by atoms with Crippen LogP contribution in [-0.4, -0.2) is 42.6 Å². The summed E-state index contributed by atoms with van der Waals surface area (Å²) in [7, 11) is 0. The number of aryl methyl sites for hydroxylation is 2. The number of anilines is 2. The number of ether oxygens (including phenoxy) is 1. The van der Waals surface area contributed by atoms with Gasteiger partial charge in [-0.2, -0.15) is 10.1 Å². The van der Waals surface area contributed by atoms with Crippen molar-refractivity contribution in [3.63, 3.8) is 0 Å². The van der Waals surface area contributed by atoms with E-state index in [1.807, 2.05) is 16.8 Å². The van der Waals surface area contributed by atoms with E-state index in [1.165, 1.54) is 17.1 Å². The van der Waals surface area contributed by atoms with Gasteiger partial charge < -0.3 is 10.1 Å².